The first-order chi connectivity index (χ1) is 19.7. The van der Waals surface area contributed by atoms with E-state index >= 15 is 0 Å². The molecule has 41 heavy (non-hydrogen) atoms. The summed E-state index contributed by atoms with van der Waals surface area (Å²) >= 11 is 1.39. The molecule has 0 amide bonds. The van der Waals surface area contributed by atoms with Gasteiger partial charge < -0.3 is 9.80 Å². The lowest BCUT2D eigenvalue weighted by molar-refractivity contribution is -0.120. The van der Waals surface area contributed by atoms with Gasteiger partial charge in [-0.1, -0.05) is 12.1 Å². The smallest absolute Gasteiger partial charge is 0.171 e. The Morgan fingerprint density at radius 1 is 1.00 bits per heavy atom. The standard InChI is InChI=1S/C33H47FN4O2S/c1-23-33(24(2)39)41-32(35-23)19-31(40)18-28-22-38(30-11-14-36(3)15-12-30)16-10-27(28)21-37-13-4-5-26(20-37)17-25-6-8-29(34)9-7-25/h6-9,26-28,30H,4-5,10-22H2,1-3H3/t26-,27-,28+/m0/s1. The van der Waals surface area contributed by atoms with Gasteiger partial charge in [-0.25, -0.2) is 9.37 Å². The molecule has 5 rings (SSSR count). The van der Waals surface area contributed by atoms with Crippen LogP contribution in [0.3, 0.4) is 0 Å². The van der Waals surface area contributed by atoms with Crippen molar-refractivity contribution in [2.45, 2.75) is 71.3 Å². The number of rotatable bonds is 10. The lowest BCUT2D eigenvalue weighted by Gasteiger charge is -2.46. The maximum atomic E-state index is 13.4. The first-order valence-electron chi connectivity index (χ1n) is 15.6. The number of halogens is 1. The van der Waals surface area contributed by atoms with E-state index in [9.17, 15) is 14.0 Å². The summed E-state index contributed by atoms with van der Waals surface area (Å²) in [6, 6.07) is 7.63. The number of ketones is 2. The van der Waals surface area contributed by atoms with Gasteiger partial charge in [-0.3, -0.25) is 14.5 Å². The second-order valence-corrected chi connectivity index (χ2v) is 14.0. The van der Waals surface area contributed by atoms with Gasteiger partial charge in [0.05, 0.1) is 17.0 Å². The van der Waals surface area contributed by atoms with E-state index in [1.165, 1.54) is 42.6 Å². The summed E-state index contributed by atoms with van der Waals surface area (Å²) in [4.78, 5) is 38.3. The highest BCUT2D eigenvalue weighted by molar-refractivity contribution is 7.13. The zero-order valence-corrected chi connectivity index (χ0v) is 25.9. The summed E-state index contributed by atoms with van der Waals surface area (Å²) in [5.41, 5.74) is 1.97. The number of thiazole rings is 1. The van der Waals surface area contributed by atoms with Crippen LogP contribution >= 0.6 is 11.3 Å². The van der Waals surface area contributed by atoms with E-state index in [2.05, 4.69) is 26.7 Å². The van der Waals surface area contributed by atoms with E-state index in [-0.39, 0.29) is 17.4 Å². The molecule has 0 radical (unpaired) electrons. The molecular weight excluding hydrogens is 535 g/mol. The Morgan fingerprint density at radius 2 is 1.76 bits per heavy atom. The fourth-order valence-corrected chi connectivity index (χ4v) is 8.42. The van der Waals surface area contributed by atoms with Crippen LogP contribution in [0.4, 0.5) is 4.39 Å². The van der Waals surface area contributed by atoms with Crippen LogP contribution in [0.25, 0.3) is 0 Å². The predicted molar refractivity (Wildman–Crippen MR) is 163 cm³/mol. The van der Waals surface area contributed by atoms with Gasteiger partial charge in [0.25, 0.3) is 0 Å². The summed E-state index contributed by atoms with van der Waals surface area (Å²) in [6.45, 7) is 11.1. The minimum atomic E-state index is -0.171. The van der Waals surface area contributed by atoms with E-state index in [0.717, 1.165) is 69.4 Å². The fraction of sp³-hybridized carbons (Fsp3) is 0.667. The first kappa shape index (κ1) is 30.5. The second kappa shape index (κ2) is 14.0. The molecule has 6 nitrogen and oxygen atoms in total. The molecule has 224 valence electrons. The van der Waals surface area contributed by atoms with Gasteiger partial charge in [-0.2, -0.15) is 0 Å². The van der Waals surface area contributed by atoms with Crippen LogP contribution in [0.2, 0.25) is 0 Å². The van der Waals surface area contributed by atoms with Crippen LogP contribution in [0.1, 0.15) is 71.4 Å². The SMILES string of the molecule is CC(=O)c1sc(CC(=O)C[C@@H]2CN(C3CCN(C)CC3)CC[C@H]2CN2CCC[C@@H](Cc3ccc(F)cc3)C2)nc1C. The van der Waals surface area contributed by atoms with Crippen molar-refractivity contribution in [3.05, 3.63) is 51.2 Å². The van der Waals surface area contributed by atoms with Crippen LogP contribution in [-0.2, 0) is 17.6 Å². The Kier molecular flexibility index (Phi) is 10.4. The van der Waals surface area contributed by atoms with E-state index in [1.807, 2.05) is 19.1 Å². The van der Waals surface area contributed by atoms with Gasteiger partial charge in [-0.05, 0) is 114 Å². The molecule has 0 spiro atoms. The summed E-state index contributed by atoms with van der Waals surface area (Å²) in [5.74, 6) is 1.56. The number of aromatic nitrogens is 1. The molecule has 4 heterocycles. The van der Waals surface area contributed by atoms with E-state index in [1.54, 1.807) is 19.1 Å². The Morgan fingerprint density at radius 3 is 2.46 bits per heavy atom. The van der Waals surface area contributed by atoms with Gasteiger partial charge in [0.2, 0.25) is 0 Å². The average molecular weight is 583 g/mol. The number of nitrogens with zero attached hydrogens (tertiary/aromatic N) is 4. The molecule has 0 saturated carbocycles. The van der Waals surface area contributed by atoms with E-state index in [4.69, 9.17) is 0 Å². The molecule has 0 N–H and O–H groups in total. The highest BCUT2D eigenvalue weighted by Gasteiger charge is 2.36. The van der Waals surface area contributed by atoms with Gasteiger partial charge in [0, 0.05) is 39.0 Å². The molecule has 1 aromatic carbocycles. The molecule has 1 aromatic heterocycles. The maximum absolute atomic E-state index is 13.4. The van der Waals surface area contributed by atoms with Crippen molar-refractivity contribution in [1.29, 1.82) is 0 Å². The molecule has 3 aliphatic heterocycles. The number of Topliss-reactive ketones (excluding diaryl/α,β-unsaturated/α-hetero) is 2. The number of benzene rings is 1. The molecule has 2 aromatic rings. The molecule has 3 saturated heterocycles. The van der Waals surface area contributed by atoms with Gasteiger partial charge in [0.15, 0.2) is 5.78 Å². The van der Waals surface area contributed by atoms with Gasteiger partial charge in [-0.15, -0.1) is 11.3 Å². The van der Waals surface area contributed by atoms with Crippen molar-refractivity contribution in [1.82, 2.24) is 19.7 Å². The minimum absolute atomic E-state index is 0.0269. The topological polar surface area (TPSA) is 56.8 Å². The van der Waals surface area contributed by atoms with Crippen molar-refractivity contribution in [3.8, 4) is 0 Å². The largest absolute Gasteiger partial charge is 0.306 e. The number of likely N-dealkylation sites (tertiary alicyclic amines) is 3. The van der Waals surface area contributed by atoms with Crippen molar-refractivity contribution >= 4 is 22.9 Å². The lowest BCUT2D eigenvalue weighted by Crippen LogP contribution is -2.52. The Bertz CT molecular complexity index is 1180. The van der Waals surface area contributed by atoms with Crippen LogP contribution in [0.5, 0.6) is 0 Å². The predicted octanol–water partition coefficient (Wildman–Crippen LogP) is 5.28. The fourth-order valence-electron chi connectivity index (χ4n) is 7.43. The monoisotopic (exact) mass is 582 g/mol. The third kappa shape index (κ3) is 8.31. The third-order valence-corrected chi connectivity index (χ3v) is 10.9. The molecule has 3 aliphatic rings. The molecule has 0 unspecified atom stereocenters. The molecule has 0 aliphatic carbocycles. The van der Waals surface area contributed by atoms with Crippen LogP contribution in [0, 0.1) is 30.5 Å². The number of carbonyl (C=O) groups excluding carboxylic acids is 2. The van der Waals surface area contributed by atoms with Crippen molar-refractivity contribution in [2.24, 2.45) is 17.8 Å². The van der Waals surface area contributed by atoms with E-state index in [0.29, 0.717) is 41.5 Å². The van der Waals surface area contributed by atoms with Crippen LogP contribution in [0.15, 0.2) is 24.3 Å². The van der Waals surface area contributed by atoms with Crippen molar-refractivity contribution in [2.75, 3.05) is 52.9 Å². The summed E-state index contributed by atoms with van der Waals surface area (Å²) in [7, 11) is 2.21. The lowest BCUT2D eigenvalue weighted by atomic mass is 9.80. The molecule has 0 bridgehead atoms. The highest BCUT2D eigenvalue weighted by Crippen LogP contribution is 2.33. The Labute approximate surface area is 249 Å². The van der Waals surface area contributed by atoms with E-state index < -0.39 is 0 Å². The van der Waals surface area contributed by atoms with Crippen molar-refractivity contribution in [3.63, 3.8) is 0 Å². The number of piperidine rings is 3. The maximum Gasteiger partial charge on any atom is 0.171 e. The number of hydrogen-bond donors (Lipinski definition) is 0. The number of aryl methyl sites for hydroxylation is 1. The molecule has 3 fully saturated rings. The molecule has 8 heteroatoms. The normalized spacial score (nSPS) is 25.4. The summed E-state index contributed by atoms with van der Waals surface area (Å²) in [6.07, 6.45) is 7.92. The minimum Gasteiger partial charge on any atom is -0.306 e. The number of hydrogen-bond acceptors (Lipinski definition) is 7. The van der Waals surface area contributed by atoms with Crippen molar-refractivity contribution < 1.29 is 14.0 Å². The third-order valence-electron chi connectivity index (χ3n) is 9.66. The van der Waals surface area contributed by atoms with Gasteiger partial charge in [0.1, 0.15) is 16.6 Å². The Hall–Kier alpha value is -2.00. The highest BCUT2D eigenvalue weighted by atomic mass is 32.1. The molecular formula is C33H47FN4O2S. The quantitative estimate of drug-likeness (QED) is 0.355. The Balaban J connectivity index is 1.23. The average Bonchev–Trinajstić information content (AvgIpc) is 3.31. The zero-order chi connectivity index (χ0) is 28.9. The van der Waals surface area contributed by atoms with Crippen LogP contribution in [-0.4, -0.2) is 90.2 Å². The summed E-state index contributed by atoms with van der Waals surface area (Å²) in [5, 5.41) is 0.775. The van der Waals surface area contributed by atoms with Gasteiger partial charge >= 0.3 is 0 Å². The first-order valence-corrected chi connectivity index (χ1v) is 16.4. The molecule has 3 atom stereocenters. The second-order valence-electron chi connectivity index (χ2n) is 12.9. The van der Waals surface area contributed by atoms with Crippen LogP contribution < -0.4 is 0 Å². The number of carbonyl (C=O) groups is 2. The summed E-state index contributed by atoms with van der Waals surface area (Å²) < 4.78 is 13.4. The zero-order valence-electron chi connectivity index (χ0n) is 25.1.